The summed E-state index contributed by atoms with van der Waals surface area (Å²) < 4.78 is 5.18. The Bertz CT molecular complexity index is 801. The van der Waals surface area contributed by atoms with Gasteiger partial charge in [-0.2, -0.15) is 0 Å². The van der Waals surface area contributed by atoms with Crippen molar-refractivity contribution >= 4 is 17.7 Å². The summed E-state index contributed by atoms with van der Waals surface area (Å²) in [5.74, 6) is -1.43. The highest BCUT2D eigenvalue weighted by molar-refractivity contribution is 6.00. The molecule has 0 aliphatic rings. The predicted octanol–water partition coefficient (Wildman–Crippen LogP) is 2.91. The summed E-state index contributed by atoms with van der Waals surface area (Å²) in [4.78, 5) is 35.9. The Morgan fingerprint density at radius 1 is 1.08 bits per heavy atom. The van der Waals surface area contributed by atoms with E-state index in [4.69, 9.17) is 4.74 Å². The zero-order chi connectivity index (χ0) is 19.1. The number of aryl methyl sites for hydroxylation is 1. The first-order chi connectivity index (χ1) is 12.4. The number of rotatable bonds is 8. The largest absolute Gasteiger partial charge is 0.496 e. The van der Waals surface area contributed by atoms with Gasteiger partial charge >= 0.3 is 5.97 Å². The summed E-state index contributed by atoms with van der Waals surface area (Å²) in [5.41, 5.74) is 1.80. The molecule has 0 unspecified atom stereocenters. The van der Waals surface area contributed by atoms with Crippen LogP contribution in [0.4, 0.5) is 0 Å². The van der Waals surface area contributed by atoms with Crippen LogP contribution < -0.4 is 10.1 Å². The molecule has 1 atom stereocenters. The number of Topliss-reactive ketones (excluding diaryl/α,β-unsaturated/α-hetero) is 1. The first-order valence-electron chi connectivity index (χ1n) is 8.17. The normalized spacial score (nSPS) is 11.5. The third-order valence-electron chi connectivity index (χ3n) is 3.92. The molecule has 0 saturated heterocycles. The highest BCUT2D eigenvalue weighted by Gasteiger charge is 2.22. The van der Waals surface area contributed by atoms with E-state index in [0.29, 0.717) is 16.9 Å². The Kier molecular flexibility index (Phi) is 6.49. The van der Waals surface area contributed by atoms with Crippen LogP contribution in [-0.4, -0.2) is 29.9 Å². The number of carbonyl (C=O) groups is 3. The summed E-state index contributed by atoms with van der Waals surface area (Å²) in [5, 5.41) is 11.8. The fourth-order valence-electron chi connectivity index (χ4n) is 2.57. The smallest absolute Gasteiger partial charge is 0.330 e. The van der Waals surface area contributed by atoms with Gasteiger partial charge in [-0.1, -0.05) is 42.0 Å². The van der Waals surface area contributed by atoms with E-state index in [-0.39, 0.29) is 18.6 Å². The monoisotopic (exact) mass is 355 g/mol. The highest BCUT2D eigenvalue weighted by atomic mass is 16.5. The van der Waals surface area contributed by atoms with Gasteiger partial charge in [0.05, 0.1) is 12.7 Å². The number of carboxylic acids is 1. The lowest BCUT2D eigenvalue weighted by Gasteiger charge is -2.15. The molecule has 0 heterocycles. The quantitative estimate of drug-likeness (QED) is 0.710. The van der Waals surface area contributed by atoms with Gasteiger partial charge in [0, 0.05) is 12.8 Å². The van der Waals surface area contributed by atoms with Crippen LogP contribution in [0.5, 0.6) is 5.75 Å². The van der Waals surface area contributed by atoms with Gasteiger partial charge in [-0.15, -0.1) is 0 Å². The second-order valence-corrected chi connectivity index (χ2v) is 5.88. The number of carbonyl (C=O) groups excluding carboxylic acids is 2. The Balaban J connectivity index is 2.01. The zero-order valence-corrected chi connectivity index (χ0v) is 14.7. The van der Waals surface area contributed by atoms with Gasteiger partial charge in [0.1, 0.15) is 5.75 Å². The van der Waals surface area contributed by atoms with Crippen molar-refractivity contribution < 1.29 is 24.2 Å². The number of nitrogens with one attached hydrogen (secondary N) is 1. The lowest BCUT2D eigenvalue weighted by molar-refractivity contribution is -0.142. The molecule has 0 radical (unpaired) electrons. The standard InChI is InChI=1S/C20H21NO5/c1-13-8-10-17(26-2)15(12-13)16(22)9-11-18(23)21-19(20(24)25)14-6-4-3-5-7-14/h3-8,10,12,19H,9,11H2,1-2H3,(H,21,23)(H,24,25)/t19-/m0/s1. The lowest BCUT2D eigenvalue weighted by Crippen LogP contribution is -2.33. The second-order valence-electron chi connectivity index (χ2n) is 5.88. The van der Waals surface area contributed by atoms with Crippen LogP contribution in [0, 0.1) is 6.92 Å². The minimum atomic E-state index is -1.16. The molecule has 2 aromatic carbocycles. The van der Waals surface area contributed by atoms with Crippen LogP contribution in [0.15, 0.2) is 48.5 Å². The molecule has 0 spiro atoms. The SMILES string of the molecule is COc1ccc(C)cc1C(=O)CCC(=O)N[C@H](C(=O)O)c1ccccc1. The van der Waals surface area contributed by atoms with Gasteiger partial charge in [0.15, 0.2) is 11.8 Å². The average molecular weight is 355 g/mol. The first kappa shape index (κ1) is 19.2. The Morgan fingerprint density at radius 2 is 1.77 bits per heavy atom. The second kappa shape index (κ2) is 8.80. The number of benzene rings is 2. The first-order valence-corrected chi connectivity index (χ1v) is 8.17. The average Bonchev–Trinajstić information content (AvgIpc) is 2.64. The van der Waals surface area contributed by atoms with Gasteiger partial charge in [0.25, 0.3) is 0 Å². The van der Waals surface area contributed by atoms with Crippen LogP contribution in [0.3, 0.4) is 0 Å². The molecule has 136 valence electrons. The highest BCUT2D eigenvalue weighted by Crippen LogP contribution is 2.22. The fourth-order valence-corrected chi connectivity index (χ4v) is 2.57. The number of methoxy groups -OCH3 is 1. The van der Waals surface area contributed by atoms with Crippen LogP contribution in [0.1, 0.15) is 40.4 Å². The van der Waals surface area contributed by atoms with Gasteiger partial charge in [-0.05, 0) is 24.6 Å². The number of amides is 1. The summed E-state index contributed by atoms with van der Waals surface area (Å²) >= 11 is 0. The zero-order valence-electron chi connectivity index (χ0n) is 14.7. The molecule has 0 fully saturated rings. The number of carboxylic acid groups (broad SMARTS) is 1. The van der Waals surface area contributed by atoms with E-state index < -0.39 is 17.9 Å². The van der Waals surface area contributed by atoms with Gasteiger partial charge in [-0.3, -0.25) is 9.59 Å². The number of hydrogen-bond acceptors (Lipinski definition) is 4. The minimum Gasteiger partial charge on any atom is -0.496 e. The van der Waals surface area contributed by atoms with E-state index in [1.807, 2.05) is 13.0 Å². The molecule has 6 nitrogen and oxygen atoms in total. The summed E-state index contributed by atoms with van der Waals surface area (Å²) in [6.45, 7) is 1.86. The van der Waals surface area contributed by atoms with Crippen molar-refractivity contribution in [3.05, 3.63) is 65.2 Å². The number of aliphatic carboxylic acids is 1. The molecule has 0 bridgehead atoms. The van der Waals surface area contributed by atoms with E-state index in [2.05, 4.69) is 5.32 Å². The van der Waals surface area contributed by atoms with Crippen LogP contribution in [0.2, 0.25) is 0 Å². The Labute approximate surface area is 151 Å². The molecule has 0 saturated carbocycles. The number of ether oxygens (including phenoxy) is 1. The van der Waals surface area contributed by atoms with E-state index in [1.54, 1.807) is 42.5 Å². The van der Waals surface area contributed by atoms with Crippen molar-refractivity contribution in [2.75, 3.05) is 7.11 Å². The van der Waals surface area contributed by atoms with E-state index in [0.717, 1.165) is 5.56 Å². The van der Waals surface area contributed by atoms with Crippen molar-refractivity contribution in [3.63, 3.8) is 0 Å². The molecular formula is C20H21NO5. The van der Waals surface area contributed by atoms with Gasteiger partial charge in [0.2, 0.25) is 5.91 Å². The van der Waals surface area contributed by atoms with E-state index >= 15 is 0 Å². The van der Waals surface area contributed by atoms with Crippen molar-refractivity contribution in [1.82, 2.24) is 5.32 Å². The molecule has 2 rings (SSSR count). The maximum absolute atomic E-state index is 12.4. The molecule has 2 N–H and O–H groups in total. The van der Waals surface area contributed by atoms with Crippen molar-refractivity contribution in [2.24, 2.45) is 0 Å². The molecule has 2 aromatic rings. The third-order valence-corrected chi connectivity index (χ3v) is 3.92. The predicted molar refractivity (Wildman–Crippen MR) is 96.3 cm³/mol. The topological polar surface area (TPSA) is 92.7 Å². The minimum absolute atomic E-state index is 0.0349. The number of ketones is 1. The van der Waals surface area contributed by atoms with Crippen molar-refractivity contribution in [1.29, 1.82) is 0 Å². The Morgan fingerprint density at radius 3 is 2.38 bits per heavy atom. The van der Waals surface area contributed by atoms with Crippen LogP contribution in [0.25, 0.3) is 0 Å². The van der Waals surface area contributed by atoms with Gasteiger partial charge < -0.3 is 15.2 Å². The summed E-state index contributed by atoms with van der Waals surface area (Å²) in [7, 11) is 1.48. The molecule has 6 heteroatoms. The Hall–Kier alpha value is -3.15. The van der Waals surface area contributed by atoms with Crippen LogP contribution in [-0.2, 0) is 9.59 Å². The van der Waals surface area contributed by atoms with Crippen molar-refractivity contribution in [2.45, 2.75) is 25.8 Å². The third kappa shape index (κ3) is 4.92. The molecule has 26 heavy (non-hydrogen) atoms. The molecule has 0 aliphatic heterocycles. The fraction of sp³-hybridized carbons (Fsp3) is 0.250. The maximum Gasteiger partial charge on any atom is 0.330 e. The van der Waals surface area contributed by atoms with E-state index in [9.17, 15) is 19.5 Å². The van der Waals surface area contributed by atoms with Crippen molar-refractivity contribution in [3.8, 4) is 5.75 Å². The number of hydrogen-bond donors (Lipinski definition) is 2. The lowest BCUT2D eigenvalue weighted by atomic mass is 10.0. The molecular weight excluding hydrogens is 334 g/mol. The maximum atomic E-state index is 12.4. The molecule has 1 amide bonds. The van der Waals surface area contributed by atoms with E-state index in [1.165, 1.54) is 7.11 Å². The molecule has 0 aliphatic carbocycles. The van der Waals surface area contributed by atoms with Gasteiger partial charge in [-0.25, -0.2) is 4.79 Å². The molecule has 0 aromatic heterocycles. The van der Waals surface area contributed by atoms with Crippen LogP contribution >= 0.6 is 0 Å². The summed E-state index contributed by atoms with van der Waals surface area (Å²) in [6, 6.07) is 12.5. The summed E-state index contributed by atoms with van der Waals surface area (Å²) in [6.07, 6.45) is -0.140.